The molecule has 2 aromatic carbocycles. The molecule has 0 aliphatic heterocycles. The van der Waals surface area contributed by atoms with Crippen LogP contribution in [0.2, 0.25) is 5.02 Å². The Bertz CT molecular complexity index is 1740. The normalized spacial score (nSPS) is 12.4. The number of Topliss-reactive ketones (excluding diaryl/α,β-unsaturated/α-hetero) is 1. The highest BCUT2D eigenvalue weighted by Gasteiger charge is 2.22. The van der Waals surface area contributed by atoms with Crippen LogP contribution < -0.4 is 15.0 Å². The largest absolute Gasteiger partial charge is 0.480 e. The Morgan fingerprint density at radius 2 is 1.89 bits per heavy atom. The maximum Gasteiger partial charge on any atom is 0.263 e. The zero-order valence-electron chi connectivity index (χ0n) is 20.3. The van der Waals surface area contributed by atoms with Gasteiger partial charge in [-0.05, 0) is 48.9 Å². The van der Waals surface area contributed by atoms with Crippen molar-refractivity contribution in [2.45, 2.75) is 25.3 Å². The number of nitrogens with one attached hydrogen (secondary N) is 1. The summed E-state index contributed by atoms with van der Waals surface area (Å²) in [6, 6.07) is 6.69. The van der Waals surface area contributed by atoms with E-state index in [1.165, 1.54) is 43.3 Å². The molecule has 2 aromatic heterocycles. The first-order valence-corrected chi connectivity index (χ1v) is 13.0. The maximum absolute atomic E-state index is 15.0. The smallest absolute Gasteiger partial charge is 0.263 e. The van der Waals surface area contributed by atoms with Gasteiger partial charge in [-0.25, -0.2) is 27.2 Å². The minimum Gasteiger partial charge on any atom is -0.480 e. The van der Waals surface area contributed by atoms with E-state index in [1.807, 2.05) is 0 Å². The van der Waals surface area contributed by atoms with Crippen molar-refractivity contribution in [2.24, 2.45) is 5.92 Å². The molecule has 0 saturated heterocycles. The maximum atomic E-state index is 15.0. The number of nitrogens with zero attached hydrogens (tertiary/aromatic N) is 3. The Morgan fingerprint density at radius 1 is 1.16 bits per heavy atom. The lowest BCUT2D eigenvalue weighted by Crippen LogP contribution is -2.26. The number of hydrogen-bond donors (Lipinski definition) is 1. The average Bonchev–Trinajstić information content (AvgIpc) is 2.85. The molecule has 0 aliphatic rings. The lowest BCUT2D eigenvalue weighted by atomic mass is 10.0. The summed E-state index contributed by atoms with van der Waals surface area (Å²) in [5.74, 6) is -2.15. The Balaban J connectivity index is 1.79. The summed E-state index contributed by atoms with van der Waals surface area (Å²) < 4.78 is 63.0. The van der Waals surface area contributed by atoms with Crippen molar-refractivity contribution in [1.29, 1.82) is 0 Å². The van der Waals surface area contributed by atoms with Crippen molar-refractivity contribution in [3.8, 4) is 17.0 Å². The second-order valence-electron chi connectivity index (χ2n) is 8.53. The number of carbonyl (C=O) groups is 1. The van der Waals surface area contributed by atoms with Gasteiger partial charge in [0, 0.05) is 24.2 Å². The molecule has 0 amide bonds. The first kappa shape index (κ1) is 27.1. The lowest BCUT2D eigenvalue weighted by molar-refractivity contribution is -0.120. The number of halogens is 3. The van der Waals surface area contributed by atoms with Crippen LogP contribution in [-0.4, -0.2) is 35.8 Å². The molecular weight excluding hydrogens is 542 g/mol. The summed E-state index contributed by atoms with van der Waals surface area (Å²) in [5, 5.41) is -0.366. The fourth-order valence-electron chi connectivity index (χ4n) is 3.69. The quantitative estimate of drug-likeness (QED) is 0.337. The van der Waals surface area contributed by atoms with Crippen LogP contribution in [0.25, 0.3) is 22.0 Å². The SMILES string of the molecule is COc1ncc(-c2cc(F)c3ncn(C[C@H](C)C(C)=O)c(=O)c3c2)cc1NS(=O)(=O)c1ccc(F)cc1Cl. The number of rotatable bonds is 8. The van der Waals surface area contributed by atoms with Gasteiger partial charge in [-0.3, -0.25) is 18.9 Å². The molecule has 0 bridgehead atoms. The average molecular weight is 563 g/mol. The topological polar surface area (TPSA) is 120 Å². The Kier molecular flexibility index (Phi) is 7.47. The van der Waals surface area contributed by atoms with Crippen molar-refractivity contribution >= 4 is 44.0 Å². The lowest BCUT2D eigenvalue weighted by Gasteiger charge is -2.14. The monoisotopic (exact) mass is 562 g/mol. The van der Waals surface area contributed by atoms with Crippen LogP contribution in [0.5, 0.6) is 5.88 Å². The van der Waals surface area contributed by atoms with E-state index >= 15 is 0 Å². The number of aromatic nitrogens is 3. The summed E-state index contributed by atoms with van der Waals surface area (Å²) in [4.78, 5) is 32.5. The third-order valence-corrected chi connectivity index (χ3v) is 7.70. The third-order valence-electron chi connectivity index (χ3n) is 5.85. The summed E-state index contributed by atoms with van der Waals surface area (Å²) in [6.07, 6.45) is 2.50. The molecule has 0 radical (unpaired) electrons. The van der Waals surface area contributed by atoms with E-state index in [4.69, 9.17) is 16.3 Å². The molecule has 1 atom stereocenters. The van der Waals surface area contributed by atoms with E-state index in [0.717, 1.165) is 24.3 Å². The van der Waals surface area contributed by atoms with E-state index < -0.39 is 33.1 Å². The fourth-order valence-corrected chi connectivity index (χ4v) is 5.27. The van der Waals surface area contributed by atoms with Crippen LogP contribution in [0.4, 0.5) is 14.5 Å². The van der Waals surface area contributed by atoms with Crippen LogP contribution >= 0.6 is 11.6 Å². The molecule has 0 unspecified atom stereocenters. The highest BCUT2D eigenvalue weighted by molar-refractivity contribution is 7.92. The van der Waals surface area contributed by atoms with Crippen molar-refractivity contribution in [3.63, 3.8) is 0 Å². The number of ketones is 1. The van der Waals surface area contributed by atoms with E-state index in [-0.39, 0.29) is 55.8 Å². The first-order valence-electron chi connectivity index (χ1n) is 11.1. The second kappa shape index (κ2) is 10.5. The Hall–Kier alpha value is -3.90. The first-order chi connectivity index (χ1) is 17.9. The molecule has 38 heavy (non-hydrogen) atoms. The summed E-state index contributed by atoms with van der Waals surface area (Å²) >= 11 is 5.93. The summed E-state index contributed by atoms with van der Waals surface area (Å²) in [6.45, 7) is 3.15. The molecule has 4 aromatic rings. The molecule has 9 nitrogen and oxygen atoms in total. The molecule has 4 rings (SSSR count). The van der Waals surface area contributed by atoms with Gasteiger partial charge in [0.05, 0.1) is 23.8 Å². The van der Waals surface area contributed by atoms with Gasteiger partial charge >= 0.3 is 0 Å². The van der Waals surface area contributed by atoms with Crippen molar-refractivity contribution in [2.75, 3.05) is 11.8 Å². The van der Waals surface area contributed by atoms with Crippen LogP contribution in [0.1, 0.15) is 13.8 Å². The van der Waals surface area contributed by atoms with E-state index in [0.29, 0.717) is 0 Å². The van der Waals surface area contributed by atoms with E-state index in [1.54, 1.807) is 6.92 Å². The Morgan fingerprint density at radius 3 is 2.55 bits per heavy atom. The zero-order valence-corrected chi connectivity index (χ0v) is 21.9. The minimum atomic E-state index is -4.30. The van der Waals surface area contributed by atoms with E-state index in [2.05, 4.69) is 14.7 Å². The summed E-state index contributed by atoms with van der Waals surface area (Å²) in [5.41, 5.74) is -0.344. The molecule has 13 heteroatoms. The van der Waals surface area contributed by atoms with Gasteiger partial charge in [0.25, 0.3) is 15.6 Å². The summed E-state index contributed by atoms with van der Waals surface area (Å²) in [7, 11) is -3.03. The third kappa shape index (κ3) is 5.36. The minimum absolute atomic E-state index is 0.0331. The van der Waals surface area contributed by atoms with Crippen molar-refractivity contribution < 1.29 is 26.7 Å². The molecule has 1 N–H and O–H groups in total. The van der Waals surface area contributed by atoms with Crippen LogP contribution in [-0.2, 0) is 21.4 Å². The molecule has 0 aliphatic carbocycles. The highest BCUT2D eigenvalue weighted by atomic mass is 35.5. The molecule has 0 spiro atoms. The van der Waals surface area contributed by atoms with Gasteiger partial charge in [-0.2, -0.15) is 0 Å². The number of hydrogen-bond acceptors (Lipinski definition) is 7. The van der Waals surface area contributed by atoms with Gasteiger partial charge in [-0.15, -0.1) is 0 Å². The number of methoxy groups -OCH3 is 1. The molecule has 2 heterocycles. The predicted molar refractivity (Wildman–Crippen MR) is 138 cm³/mol. The van der Waals surface area contributed by atoms with Crippen LogP contribution in [0, 0.1) is 17.6 Å². The van der Waals surface area contributed by atoms with Gasteiger partial charge in [0.1, 0.15) is 33.5 Å². The number of fused-ring (bicyclic) bond motifs is 1. The number of anilines is 1. The number of ether oxygens (including phenoxy) is 1. The zero-order chi connectivity index (χ0) is 27.8. The van der Waals surface area contributed by atoms with Gasteiger partial charge < -0.3 is 4.74 Å². The van der Waals surface area contributed by atoms with E-state index in [9.17, 15) is 26.8 Å². The molecular formula is C25H21ClF2N4O5S. The van der Waals surface area contributed by atoms with Crippen LogP contribution in [0.15, 0.2) is 58.6 Å². The highest BCUT2D eigenvalue weighted by Crippen LogP contribution is 2.33. The fraction of sp³-hybridized carbons (Fsp3) is 0.200. The molecule has 0 fully saturated rings. The molecule has 0 saturated carbocycles. The molecule has 198 valence electrons. The van der Waals surface area contributed by atoms with Gasteiger partial charge in [0.15, 0.2) is 0 Å². The van der Waals surface area contributed by atoms with Gasteiger partial charge in [-0.1, -0.05) is 18.5 Å². The van der Waals surface area contributed by atoms with Crippen molar-refractivity contribution in [1.82, 2.24) is 14.5 Å². The second-order valence-corrected chi connectivity index (χ2v) is 10.6. The Labute approximate surface area is 221 Å². The number of carbonyl (C=O) groups excluding carboxylic acids is 1. The standard InChI is InChI=1S/C25H21ClF2N4O5S/c1-13(14(2)33)11-32-12-30-23-18(25(32)34)6-15(7-20(23)28)16-8-21(24(37-3)29-10-16)31-38(35,36)22-5-4-17(27)9-19(22)26/h4-10,12-13,31H,11H2,1-3H3/t13-/m0/s1. The van der Waals surface area contributed by atoms with Crippen LogP contribution in [0.3, 0.4) is 0 Å². The number of pyridine rings is 1. The number of benzene rings is 2. The number of sulfonamides is 1. The van der Waals surface area contributed by atoms with Gasteiger partial charge in [0.2, 0.25) is 5.88 Å². The van der Waals surface area contributed by atoms with Crippen molar-refractivity contribution in [3.05, 3.63) is 75.9 Å². The predicted octanol–water partition coefficient (Wildman–Crippen LogP) is 4.42.